The van der Waals surface area contributed by atoms with Gasteiger partial charge in [0.25, 0.3) is 0 Å². The maximum Gasteiger partial charge on any atom is 0.338 e. The molecule has 5 rings (SSSR count). The van der Waals surface area contributed by atoms with Crippen LogP contribution in [0.15, 0.2) is 66.3 Å². The van der Waals surface area contributed by atoms with Gasteiger partial charge >= 0.3 is 11.9 Å². The summed E-state index contributed by atoms with van der Waals surface area (Å²) in [5.74, 6) is -2.37. The van der Waals surface area contributed by atoms with Gasteiger partial charge in [-0.1, -0.05) is 82.0 Å². The van der Waals surface area contributed by atoms with Gasteiger partial charge in [-0.05, 0) is 94.7 Å². The molecule has 2 aromatic rings. The molecular weight excluding hydrogens is 765 g/mol. The molecule has 0 aromatic heterocycles. The standard InChI is InChI=1S/C48H66N2O10/c1-6-8-12-26-48(27-13-9-7-2)58-41-31-36(45(55)50-28-16-22-38(50)44(54)49-37(32-51)24-25-42(53)59-47(3,4)5)30-40(43(41)60-48)57-46(56)35-21-15-18-33(29-35)17-14-20-34-19-10-11-23-39(34)52/h10-11,14-15,17-19,21,23,29,31,37-38,40-41,43,51-52H,6-9,12-13,16,20,22,24-28,30,32H2,1-5H3,(H,49,54)/t37-,38+,40+,41+,43-/m0/s1. The first-order valence-corrected chi connectivity index (χ1v) is 22.0. The Labute approximate surface area is 355 Å². The lowest BCUT2D eigenvalue weighted by atomic mass is 9.91. The zero-order valence-corrected chi connectivity index (χ0v) is 36.2. The van der Waals surface area contributed by atoms with Crippen molar-refractivity contribution in [2.45, 2.75) is 166 Å². The molecule has 0 bridgehead atoms. The zero-order valence-electron chi connectivity index (χ0n) is 36.2. The summed E-state index contributed by atoms with van der Waals surface area (Å²) in [5.41, 5.74) is 1.66. The van der Waals surface area contributed by atoms with Crippen molar-refractivity contribution in [2.75, 3.05) is 13.2 Å². The Hall–Kier alpha value is -4.52. The summed E-state index contributed by atoms with van der Waals surface area (Å²) in [7, 11) is 0. The number of unbranched alkanes of at least 4 members (excludes halogenated alkanes) is 4. The quantitative estimate of drug-likeness (QED) is 0.0890. The second kappa shape index (κ2) is 21.8. The predicted octanol–water partition coefficient (Wildman–Crippen LogP) is 7.73. The maximum absolute atomic E-state index is 14.5. The lowest BCUT2D eigenvalue weighted by Crippen LogP contribution is -2.51. The number of nitrogens with one attached hydrogen (secondary N) is 1. The number of hydrogen-bond acceptors (Lipinski definition) is 10. The van der Waals surface area contributed by atoms with Gasteiger partial charge < -0.3 is 39.4 Å². The number of phenolic OH excluding ortho intramolecular Hbond substituents is 1. The lowest BCUT2D eigenvalue weighted by Gasteiger charge is -2.33. The molecule has 1 aliphatic carbocycles. The normalized spacial score (nSPS) is 21.6. The van der Waals surface area contributed by atoms with Gasteiger partial charge in [0.1, 0.15) is 35.7 Å². The van der Waals surface area contributed by atoms with Crippen molar-refractivity contribution in [2.24, 2.45) is 0 Å². The molecule has 12 nitrogen and oxygen atoms in total. The summed E-state index contributed by atoms with van der Waals surface area (Å²) in [6, 6.07) is 12.8. The van der Waals surface area contributed by atoms with Crippen molar-refractivity contribution in [3.8, 4) is 5.75 Å². The number of hydrogen-bond donors (Lipinski definition) is 3. The van der Waals surface area contributed by atoms with Crippen LogP contribution in [0, 0.1) is 0 Å². The fourth-order valence-corrected chi connectivity index (χ4v) is 8.23. The van der Waals surface area contributed by atoms with E-state index in [0.29, 0.717) is 49.8 Å². The van der Waals surface area contributed by atoms with Crippen molar-refractivity contribution in [1.82, 2.24) is 10.2 Å². The number of aromatic hydroxyl groups is 1. The topological polar surface area (TPSA) is 161 Å². The Kier molecular flexibility index (Phi) is 16.9. The molecule has 0 radical (unpaired) electrons. The third kappa shape index (κ3) is 13.0. The van der Waals surface area contributed by atoms with E-state index in [9.17, 15) is 29.4 Å². The van der Waals surface area contributed by atoms with Crippen molar-refractivity contribution in [3.63, 3.8) is 0 Å². The Morgan fingerprint density at radius 2 is 1.73 bits per heavy atom. The second-order valence-corrected chi connectivity index (χ2v) is 17.4. The van der Waals surface area contributed by atoms with Crippen LogP contribution in [0.1, 0.15) is 140 Å². The molecule has 3 aliphatic rings. The molecule has 2 heterocycles. The summed E-state index contributed by atoms with van der Waals surface area (Å²) < 4.78 is 25.3. The number of ether oxygens (including phenoxy) is 4. The predicted molar refractivity (Wildman–Crippen MR) is 229 cm³/mol. The number of rotatable bonds is 20. The van der Waals surface area contributed by atoms with E-state index < -0.39 is 59.6 Å². The van der Waals surface area contributed by atoms with Gasteiger partial charge in [0.2, 0.25) is 11.8 Å². The van der Waals surface area contributed by atoms with E-state index in [1.54, 1.807) is 62.1 Å². The molecule has 12 heteroatoms. The van der Waals surface area contributed by atoms with Gasteiger partial charge in [-0.15, -0.1) is 0 Å². The minimum Gasteiger partial charge on any atom is -0.508 e. The van der Waals surface area contributed by atoms with Gasteiger partial charge in [0.15, 0.2) is 5.79 Å². The molecule has 2 fully saturated rings. The van der Waals surface area contributed by atoms with Gasteiger partial charge in [0, 0.05) is 37.8 Å². The number of likely N-dealkylation sites (tertiary alicyclic amines) is 1. The van der Waals surface area contributed by atoms with Crippen LogP contribution < -0.4 is 5.32 Å². The molecule has 0 saturated carbocycles. The molecule has 2 amide bonds. The van der Waals surface area contributed by atoms with Crippen LogP contribution in [0.4, 0.5) is 0 Å². The van der Waals surface area contributed by atoms with Gasteiger partial charge in [-0.2, -0.15) is 0 Å². The van der Waals surface area contributed by atoms with Crippen molar-refractivity contribution in [1.29, 1.82) is 0 Å². The summed E-state index contributed by atoms with van der Waals surface area (Å²) in [4.78, 5) is 56.0. The number of benzene rings is 2. The Balaban J connectivity index is 1.34. The van der Waals surface area contributed by atoms with Crippen LogP contribution in [-0.2, 0) is 39.8 Å². The van der Waals surface area contributed by atoms with E-state index in [2.05, 4.69) is 19.2 Å². The number of carbonyl (C=O) groups is 4. The number of fused-ring (bicyclic) bond motifs is 1. The highest BCUT2D eigenvalue weighted by molar-refractivity contribution is 5.98. The molecule has 5 atom stereocenters. The van der Waals surface area contributed by atoms with Crippen LogP contribution in [-0.4, -0.2) is 93.8 Å². The Bertz CT molecular complexity index is 1820. The number of aliphatic hydroxyl groups is 1. The third-order valence-corrected chi connectivity index (χ3v) is 11.3. The van der Waals surface area contributed by atoms with Crippen molar-refractivity contribution in [3.05, 3.63) is 82.9 Å². The molecule has 328 valence electrons. The molecule has 2 aliphatic heterocycles. The SMILES string of the molecule is CCCCCC1(CCCCC)O[C@@H]2[C@@H](C=C(C(=O)N3CCC[C@@H]3C(=O)N[C@H](CO)CCC(=O)OC(C)(C)C)C[C@H]2OC(=O)c2cccc(C=CCc3ccccc3O)c2)O1. The number of amides is 2. The molecule has 2 aromatic carbocycles. The summed E-state index contributed by atoms with van der Waals surface area (Å²) in [5, 5.41) is 23.1. The third-order valence-electron chi connectivity index (χ3n) is 11.3. The van der Waals surface area contributed by atoms with E-state index in [1.807, 2.05) is 30.4 Å². The molecule has 3 N–H and O–H groups in total. The van der Waals surface area contributed by atoms with Crippen LogP contribution >= 0.6 is 0 Å². The first-order chi connectivity index (χ1) is 28.7. The molecule has 2 saturated heterocycles. The fraction of sp³-hybridized carbons (Fsp3) is 0.583. The number of aliphatic hydroxyl groups excluding tert-OH is 1. The summed E-state index contributed by atoms with van der Waals surface area (Å²) in [6.45, 7) is 9.61. The largest absolute Gasteiger partial charge is 0.508 e. The van der Waals surface area contributed by atoms with E-state index in [1.165, 1.54) is 0 Å². The highest BCUT2D eigenvalue weighted by Gasteiger charge is 2.53. The van der Waals surface area contributed by atoms with Crippen LogP contribution in [0.25, 0.3) is 6.08 Å². The molecule has 0 unspecified atom stereocenters. The van der Waals surface area contributed by atoms with E-state index in [-0.39, 0.29) is 37.5 Å². The van der Waals surface area contributed by atoms with Gasteiger partial charge in [-0.25, -0.2) is 4.79 Å². The number of esters is 2. The zero-order chi connectivity index (χ0) is 43.3. The van der Waals surface area contributed by atoms with Crippen LogP contribution in [0.3, 0.4) is 0 Å². The van der Waals surface area contributed by atoms with E-state index >= 15 is 0 Å². The minimum atomic E-state index is -0.883. The van der Waals surface area contributed by atoms with Gasteiger partial charge in [0.05, 0.1) is 18.2 Å². The number of allylic oxidation sites excluding steroid dienone is 1. The van der Waals surface area contributed by atoms with E-state index in [0.717, 1.165) is 49.7 Å². The first kappa shape index (κ1) is 46.5. The second-order valence-electron chi connectivity index (χ2n) is 17.4. The smallest absolute Gasteiger partial charge is 0.338 e. The number of nitrogens with zero attached hydrogens (tertiary/aromatic N) is 1. The highest BCUT2D eigenvalue weighted by Crippen LogP contribution is 2.43. The monoisotopic (exact) mass is 830 g/mol. The number of para-hydroxylation sites is 1. The molecule has 60 heavy (non-hydrogen) atoms. The van der Waals surface area contributed by atoms with Crippen molar-refractivity contribution < 1.29 is 48.3 Å². The maximum atomic E-state index is 14.5. The minimum absolute atomic E-state index is 0.0206. The molecular formula is C48H66N2O10. The first-order valence-electron chi connectivity index (χ1n) is 22.0. The van der Waals surface area contributed by atoms with Crippen LogP contribution in [0.5, 0.6) is 5.75 Å². The summed E-state index contributed by atoms with van der Waals surface area (Å²) >= 11 is 0. The van der Waals surface area contributed by atoms with Crippen LogP contribution in [0.2, 0.25) is 0 Å². The fourth-order valence-electron chi connectivity index (χ4n) is 8.23. The Morgan fingerprint density at radius 1 is 1.00 bits per heavy atom. The average Bonchev–Trinajstić information content (AvgIpc) is 3.85. The highest BCUT2D eigenvalue weighted by atomic mass is 16.8. The number of phenols is 1. The summed E-state index contributed by atoms with van der Waals surface area (Å²) in [6.07, 6.45) is 12.6. The van der Waals surface area contributed by atoms with E-state index in [4.69, 9.17) is 18.9 Å². The number of carbonyl (C=O) groups excluding carboxylic acids is 4. The Morgan fingerprint density at radius 3 is 2.42 bits per heavy atom. The average molecular weight is 831 g/mol. The lowest BCUT2D eigenvalue weighted by molar-refractivity contribution is -0.190. The van der Waals surface area contributed by atoms with Gasteiger partial charge in [-0.3, -0.25) is 14.4 Å². The van der Waals surface area contributed by atoms with Crippen molar-refractivity contribution >= 4 is 29.8 Å². The molecule has 0 spiro atoms.